The van der Waals surface area contributed by atoms with E-state index < -0.39 is 23.8 Å². The molecule has 1 fully saturated rings. The van der Waals surface area contributed by atoms with Gasteiger partial charge in [0.15, 0.2) is 11.6 Å². The van der Waals surface area contributed by atoms with Crippen molar-refractivity contribution < 1.29 is 18.7 Å². The zero-order valence-corrected chi connectivity index (χ0v) is 14.3. The number of aliphatic hydroxyl groups excluding tert-OH is 1. The van der Waals surface area contributed by atoms with Crippen molar-refractivity contribution >= 4 is 5.91 Å². The normalized spacial score (nSPS) is 20.2. The fourth-order valence-electron chi connectivity index (χ4n) is 3.13. The Balaban J connectivity index is 1.98. The number of hydrogen-bond acceptors (Lipinski definition) is 4. The molecule has 0 saturated carbocycles. The van der Waals surface area contributed by atoms with Crippen molar-refractivity contribution in [1.29, 1.82) is 0 Å². The number of aromatic nitrogens is 2. The summed E-state index contributed by atoms with van der Waals surface area (Å²) in [6.07, 6.45) is -0.476. The summed E-state index contributed by atoms with van der Waals surface area (Å²) in [5, 5.41) is 10.0. The van der Waals surface area contributed by atoms with Crippen molar-refractivity contribution in [3.63, 3.8) is 0 Å². The Morgan fingerprint density at radius 3 is 2.48 bits per heavy atom. The number of amides is 1. The highest BCUT2D eigenvalue weighted by Gasteiger charge is 2.37. The van der Waals surface area contributed by atoms with Gasteiger partial charge in [-0.15, -0.1) is 0 Å². The summed E-state index contributed by atoms with van der Waals surface area (Å²) in [7, 11) is 0. The van der Waals surface area contributed by atoms with Gasteiger partial charge >= 0.3 is 0 Å². The lowest BCUT2D eigenvalue weighted by molar-refractivity contribution is 0.0708. The number of hydrogen-bond donors (Lipinski definition) is 1. The third kappa shape index (κ3) is 3.24. The van der Waals surface area contributed by atoms with Gasteiger partial charge in [0.1, 0.15) is 5.69 Å². The Bertz CT molecular complexity index is 841. The Hall–Kier alpha value is -2.41. The van der Waals surface area contributed by atoms with Crippen molar-refractivity contribution in [2.75, 3.05) is 6.54 Å². The van der Waals surface area contributed by atoms with Gasteiger partial charge in [-0.25, -0.2) is 13.8 Å². The van der Waals surface area contributed by atoms with Crippen molar-refractivity contribution in [3.8, 4) is 0 Å². The van der Waals surface area contributed by atoms with Crippen molar-refractivity contribution in [1.82, 2.24) is 14.9 Å². The number of aryl methyl sites for hydroxylation is 3. The fourth-order valence-corrected chi connectivity index (χ4v) is 3.13. The van der Waals surface area contributed by atoms with Gasteiger partial charge in [-0.2, -0.15) is 0 Å². The molecular formula is C18H19F2N3O2. The predicted molar refractivity (Wildman–Crippen MR) is 87.0 cm³/mol. The first-order valence-electron chi connectivity index (χ1n) is 8.03. The summed E-state index contributed by atoms with van der Waals surface area (Å²) in [5.41, 5.74) is 2.55. The molecule has 2 atom stereocenters. The third-order valence-electron chi connectivity index (χ3n) is 4.55. The molecule has 1 aliphatic rings. The van der Waals surface area contributed by atoms with E-state index in [1.165, 1.54) is 11.0 Å². The van der Waals surface area contributed by atoms with Gasteiger partial charge in [0.05, 0.1) is 29.2 Å². The second-order valence-corrected chi connectivity index (χ2v) is 6.36. The minimum Gasteiger partial charge on any atom is -0.391 e. The first-order chi connectivity index (χ1) is 11.8. The topological polar surface area (TPSA) is 66.3 Å². The number of carbonyl (C=O) groups is 1. The summed E-state index contributed by atoms with van der Waals surface area (Å²) in [6, 6.07) is 2.98. The number of carbonyl (C=O) groups excluding carboxylic acids is 1. The van der Waals surface area contributed by atoms with E-state index in [9.17, 15) is 18.7 Å². The van der Waals surface area contributed by atoms with Crippen LogP contribution in [0.3, 0.4) is 0 Å². The van der Waals surface area contributed by atoms with Gasteiger partial charge in [0.2, 0.25) is 0 Å². The van der Waals surface area contributed by atoms with Crippen LogP contribution in [0.2, 0.25) is 0 Å². The van der Waals surface area contributed by atoms with E-state index in [-0.39, 0.29) is 24.6 Å². The molecule has 25 heavy (non-hydrogen) atoms. The van der Waals surface area contributed by atoms with Gasteiger partial charge in [-0.1, -0.05) is 6.07 Å². The lowest BCUT2D eigenvalue weighted by atomic mass is 10.0. The maximum absolute atomic E-state index is 13.6. The molecule has 1 saturated heterocycles. The molecule has 5 nitrogen and oxygen atoms in total. The lowest BCUT2D eigenvalue weighted by Gasteiger charge is -2.25. The highest BCUT2D eigenvalue weighted by Crippen LogP contribution is 2.34. The van der Waals surface area contributed by atoms with Gasteiger partial charge in [0, 0.05) is 6.54 Å². The summed E-state index contributed by atoms with van der Waals surface area (Å²) >= 11 is 0. The van der Waals surface area contributed by atoms with Crippen LogP contribution in [0, 0.1) is 32.4 Å². The van der Waals surface area contributed by atoms with Gasteiger partial charge in [0.25, 0.3) is 5.91 Å². The first kappa shape index (κ1) is 17.4. The van der Waals surface area contributed by atoms with Crippen molar-refractivity contribution in [2.24, 2.45) is 0 Å². The fraction of sp³-hybridized carbons (Fsp3) is 0.389. The molecule has 0 bridgehead atoms. The quantitative estimate of drug-likeness (QED) is 0.907. The number of aliphatic hydroxyl groups is 1. The number of β-amino-alcohol motifs (C(OH)–C–C–N with tert-alkyl or cyclic N) is 1. The summed E-state index contributed by atoms with van der Waals surface area (Å²) in [5.74, 6) is -2.30. The smallest absolute Gasteiger partial charge is 0.274 e. The summed E-state index contributed by atoms with van der Waals surface area (Å²) < 4.78 is 26.8. The second kappa shape index (κ2) is 6.48. The molecule has 3 rings (SSSR count). The largest absolute Gasteiger partial charge is 0.391 e. The molecule has 1 amide bonds. The van der Waals surface area contributed by atoms with Crippen LogP contribution < -0.4 is 0 Å². The highest BCUT2D eigenvalue weighted by molar-refractivity contribution is 5.94. The molecule has 1 aliphatic heterocycles. The molecule has 0 unspecified atom stereocenters. The van der Waals surface area contributed by atoms with Crippen LogP contribution in [-0.2, 0) is 0 Å². The maximum atomic E-state index is 13.6. The van der Waals surface area contributed by atoms with E-state index in [0.29, 0.717) is 17.0 Å². The Morgan fingerprint density at radius 2 is 1.80 bits per heavy atom. The third-order valence-corrected chi connectivity index (χ3v) is 4.55. The van der Waals surface area contributed by atoms with Crippen molar-refractivity contribution in [2.45, 2.75) is 39.3 Å². The number of halogens is 2. The highest BCUT2D eigenvalue weighted by atomic mass is 19.2. The molecule has 0 aliphatic carbocycles. The van der Waals surface area contributed by atoms with E-state index in [0.717, 1.165) is 17.8 Å². The van der Waals surface area contributed by atoms with Crippen molar-refractivity contribution in [3.05, 3.63) is 58.2 Å². The van der Waals surface area contributed by atoms with Crippen LogP contribution >= 0.6 is 0 Å². The van der Waals surface area contributed by atoms with Crippen LogP contribution in [0.4, 0.5) is 8.78 Å². The monoisotopic (exact) mass is 347 g/mol. The molecule has 1 aromatic heterocycles. The first-order valence-corrected chi connectivity index (χ1v) is 8.03. The molecule has 2 heterocycles. The molecule has 0 spiro atoms. The minimum atomic E-state index is -0.978. The molecule has 1 aromatic carbocycles. The maximum Gasteiger partial charge on any atom is 0.274 e. The molecule has 7 heteroatoms. The zero-order valence-electron chi connectivity index (χ0n) is 14.3. The van der Waals surface area contributed by atoms with Crippen LogP contribution in [0.25, 0.3) is 0 Å². The Morgan fingerprint density at radius 1 is 1.12 bits per heavy atom. The van der Waals surface area contributed by atoms with Crippen LogP contribution in [0.5, 0.6) is 0 Å². The number of likely N-dealkylation sites (tertiary alicyclic amines) is 1. The second-order valence-electron chi connectivity index (χ2n) is 6.36. The molecule has 0 radical (unpaired) electrons. The van der Waals surface area contributed by atoms with E-state index in [1.54, 1.807) is 13.8 Å². The number of benzene rings is 1. The predicted octanol–water partition coefficient (Wildman–Crippen LogP) is 2.63. The Kier molecular flexibility index (Phi) is 4.51. The van der Waals surface area contributed by atoms with E-state index in [2.05, 4.69) is 9.97 Å². The molecule has 2 aromatic rings. The van der Waals surface area contributed by atoms with Crippen LogP contribution in [-0.4, -0.2) is 38.5 Å². The molecule has 1 N–H and O–H groups in total. The summed E-state index contributed by atoms with van der Waals surface area (Å²) in [4.78, 5) is 23.1. The lowest BCUT2D eigenvalue weighted by Crippen LogP contribution is -2.33. The molecular weight excluding hydrogens is 328 g/mol. The van der Waals surface area contributed by atoms with E-state index in [1.807, 2.05) is 6.92 Å². The van der Waals surface area contributed by atoms with Crippen LogP contribution in [0.1, 0.15) is 45.6 Å². The molecule has 132 valence electrons. The van der Waals surface area contributed by atoms with Crippen LogP contribution in [0.15, 0.2) is 18.2 Å². The van der Waals surface area contributed by atoms with Gasteiger partial charge in [-0.05, 0) is 44.9 Å². The summed E-state index contributed by atoms with van der Waals surface area (Å²) in [6.45, 7) is 5.39. The minimum absolute atomic E-state index is 0.108. The number of nitrogens with zero attached hydrogens (tertiary/aromatic N) is 3. The number of rotatable bonds is 2. The van der Waals surface area contributed by atoms with E-state index in [4.69, 9.17) is 0 Å². The average Bonchev–Trinajstić information content (AvgIpc) is 2.95. The average molecular weight is 347 g/mol. The van der Waals surface area contributed by atoms with Gasteiger partial charge in [-0.3, -0.25) is 9.78 Å². The standard InChI is InChI=1S/C18H19F2N3O2/c1-9-10(2)22-17(11(3)21-9)18(25)23-8-13(24)7-16(23)12-4-5-14(19)15(20)6-12/h4-6,13,16,24H,7-8H2,1-3H3/t13-,16-/m1/s1. The Labute approximate surface area is 144 Å². The van der Waals surface area contributed by atoms with E-state index >= 15 is 0 Å². The van der Waals surface area contributed by atoms with Gasteiger partial charge < -0.3 is 10.0 Å². The zero-order chi connectivity index (χ0) is 18.3. The SMILES string of the molecule is Cc1nc(C)c(C(=O)N2C[C@H](O)C[C@@H]2c2ccc(F)c(F)c2)nc1C.